The van der Waals surface area contributed by atoms with Crippen LogP contribution in [-0.4, -0.2) is 41.5 Å². The third kappa shape index (κ3) is 3.95. The summed E-state index contributed by atoms with van der Waals surface area (Å²) in [5, 5.41) is 0. The maximum absolute atomic E-state index is 12.7. The fourth-order valence-electron chi connectivity index (χ4n) is 2.65. The number of likely N-dealkylation sites (tertiary alicyclic amines) is 1. The molecule has 0 atom stereocenters. The van der Waals surface area contributed by atoms with Crippen LogP contribution in [0.2, 0.25) is 0 Å². The summed E-state index contributed by atoms with van der Waals surface area (Å²) in [6.07, 6.45) is -2.76. The zero-order valence-corrected chi connectivity index (χ0v) is 13.0. The van der Waals surface area contributed by atoms with Crippen LogP contribution >= 0.6 is 0 Å². The van der Waals surface area contributed by atoms with E-state index in [1.807, 2.05) is 0 Å². The summed E-state index contributed by atoms with van der Waals surface area (Å²) in [4.78, 5) is 36.9. The zero-order chi connectivity index (χ0) is 17.9. The highest BCUT2D eigenvalue weighted by molar-refractivity contribution is 5.77. The van der Waals surface area contributed by atoms with Gasteiger partial charge >= 0.3 is 12.1 Å². The van der Waals surface area contributed by atoms with Crippen LogP contribution < -0.4 is 5.56 Å². The number of hydrogen-bond acceptors (Lipinski definition) is 4. The molecule has 0 aliphatic carbocycles. The summed E-state index contributed by atoms with van der Waals surface area (Å²) in [6.45, 7) is 0.129. The van der Waals surface area contributed by atoms with Gasteiger partial charge in [-0.15, -0.1) is 0 Å². The summed E-state index contributed by atoms with van der Waals surface area (Å²) in [5.41, 5.74) is -2.55. The predicted octanol–water partition coefficient (Wildman–Crippen LogP) is 1.28. The van der Waals surface area contributed by atoms with E-state index in [0.717, 1.165) is 16.8 Å². The Morgan fingerprint density at radius 1 is 1.29 bits per heavy atom. The monoisotopic (exact) mass is 346 g/mol. The van der Waals surface area contributed by atoms with Gasteiger partial charge in [0.05, 0.1) is 13.0 Å². The highest BCUT2D eigenvalue weighted by Crippen LogP contribution is 2.26. The molecule has 0 radical (unpaired) electrons. The maximum atomic E-state index is 12.7. The average molecular weight is 346 g/mol. The number of rotatable bonds is 3. The van der Waals surface area contributed by atoms with Gasteiger partial charge in [-0.2, -0.15) is 13.2 Å². The smallest absolute Gasteiger partial charge is 0.421 e. The number of carbonyl (C=O) groups is 2. The molecule has 1 amide bonds. The van der Waals surface area contributed by atoms with Crippen LogP contribution in [0, 0.1) is 5.92 Å². The molecular formula is C15H17F3N2O4. The second kappa shape index (κ2) is 7.06. The first-order valence-electron chi connectivity index (χ1n) is 7.36. The van der Waals surface area contributed by atoms with Gasteiger partial charge in [-0.1, -0.05) is 0 Å². The summed E-state index contributed by atoms with van der Waals surface area (Å²) < 4.78 is 43.6. The van der Waals surface area contributed by atoms with Crippen LogP contribution in [-0.2, 0) is 27.0 Å². The van der Waals surface area contributed by atoms with Crippen LogP contribution in [0.5, 0.6) is 0 Å². The van der Waals surface area contributed by atoms with Gasteiger partial charge in [-0.05, 0) is 25.0 Å². The molecule has 0 aromatic carbocycles. The van der Waals surface area contributed by atoms with Crippen molar-refractivity contribution in [3.8, 4) is 0 Å². The topological polar surface area (TPSA) is 68.6 Å². The first-order valence-corrected chi connectivity index (χ1v) is 7.36. The molecule has 2 rings (SSSR count). The normalized spacial score (nSPS) is 16.1. The average Bonchev–Trinajstić information content (AvgIpc) is 2.55. The Hall–Kier alpha value is -2.32. The second-order valence-corrected chi connectivity index (χ2v) is 5.53. The van der Waals surface area contributed by atoms with Gasteiger partial charge in [0, 0.05) is 19.3 Å². The predicted molar refractivity (Wildman–Crippen MR) is 77.0 cm³/mol. The third-order valence-electron chi connectivity index (χ3n) is 4.01. The second-order valence-electron chi connectivity index (χ2n) is 5.53. The van der Waals surface area contributed by atoms with E-state index in [1.165, 1.54) is 12.0 Å². The molecule has 0 spiro atoms. The van der Waals surface area contributed by atoms with Gasteiger partial charge in [0.25, 0.3) is 5.56 Å². The largest absolute Gasteiger partial charge is 0.469 e. The molecule has 132 valence electrons. The van der Waals surface area contributed by atoms with Crippen molar-refractivity contribution in [1.29, 1.82) is 0 Å². The van der Waals surface area contributed by atoms with Gasteiger partial charge in [0.2, 0.25) is 5.91 Å². The van der Waals surface area contributed by atoms with Crippen molar-refractivity contribution < 1.29 is 27.5 Å². The van der Waals surface area contributed by atoms with E-state index >= 15 is 0 Å². The van der Waals surface area contributed by atoms with Crippen molar-refractivity contribution in [1.82, 2.24) is 9.47 Å². The molecule has 0 saturated carbocycles. The van der Waals surface area contributed by atoms with E-state index in [9.17, 15) is 27.6 Å². The number of pyridine rings is 1. The van der Waals surface area contributed by atoms with E-state index in [2.05, 4.69) is 4.74 Å². The van der Waals surface area contributed by atoms with Gasteiger partial charge in [-0.3, -0.25) is 14.4 Å². The van der Waals surface area contributed by atoms with Crippen molar-refractivity contribution >= 4 is 11.9 Å². The minimum atomic E-state index is -4.76. The molecule has 9 heteroatoms. The standard InChI is InChI=1S/C15H17F3N2O4/c1-24-14(23)10-4-7-19(8-5-10)12(21)9-20-6-2-3-11(13(20)22)15(16,17)18/h2-3,6,10H,4-5,7-9H2,1H3. The van der Waals surface area contributed by atoms with Gasteiger partial charge in [0.15, 0.2) is 0 Å². The number of piperidine rings is 1. The number of hydrogen-bond donors (Lipinski definition) is 0. The van der Waals surface area contributed by atoms with Crippen LogP contribution in [0.15, 0.2) is 23.1 Å². The van der Waals surface area contributed by atoms with E-state index in [-0.39, 0.29) is 11.9 Å². The van der Waals surface area contributed by atoms with E-state index in [1.54, 1.807) is 0 Å². The molecule has 1 aromatic rings. The van der Waals surface area contributed by atoms with Crippen LogP contribution in [0.1, 0.15) is 18.4 Å². The highest BCUT2D eigenvalue weighted by atomic mass is 19.4. The molecule has 1 fully saturated rings. The zero-order valence-electron chi connectivity index (χ0n) is 13.0. The molecule has 1 saturated heterocycles. The lowest BCUT2D eigenvalue weighted by Gasteiger charge is -2.30. The van der Waals surface area contributed by atoms with E-state index < -0.39 is 29.8 Å². The number of ether oxygens (including phenoxy) is 1. The van der Waals surface area contributed by atoms with Crippen molar-refractivity contribution in [3.63, 3.8) is 0 Å². The highest BCUT2D eigenvalue weighted by Gasteiger charge is 2.34. The van der Waals surface area contributed by atoms with Gasteiger partial charge in [-0.25, -0.2) is 0 Å². The van der Waals surface area contributed by atoms with E-state index in [4.69, 9.17) is 0 Å². The molecule has 0 unspecified atom stereocenters. The Labute approximate surface area is 135 Å². The molecule has 0 N–H and O–H groups in total. The Bertz CT molecular complexity index is 676. The Morgan fingerprint density at radius 2 is 1.92 bits per heavy atom. The van der Waals surface area contributed by atoms with Gasteiger partial charge in [0.1, 0.15) is 12.1 Å². The van der Waals surface area contributed by atoms with Crippen molar-refractivity contribution in [2.24, 2.45) is 5.92 Å². The van der Waals surface area contributed by atoms with Crippen molar-refractivity contribution in [3.05, 3.63) is 34.2 Å². The Morgan fingerprint density at radius 3 is 2.46 bits per heavy atom. The number of carbonyl (C=O) groups excluding carboxylic acids is 2. The summed E-state index contributed by atoms with van der Waals surface area (Å²) in [6, 6.07) is 1.77. The third-order valence-corrected chi connectivity index (χ3v) is 4.01. The quantitative estimate of drug-likeness (QED) is 0.773. The van der Waals surface area contributed by atoms with Crippen molar-refractivity contribution in [2.45, 2.75) is 25.6 Å². The molecule has 1 aliphatic rings. The molecule has 0 bridgehead atoms. The number of aromatic nitrogens is 1. The lowest BCUT2D eigenvalue weighted by molar-refractivity contribution is -0.149. The molecule has 24 heavy (non-hydrogen) atoms. The lowest BCUT2D eigenvalue weighted by atomic mass is 9.97. The Balaban J connectivity index is 2.04. The first-order chi connectivity index (χ1) is 11.2. The lowest BCUT2D eigenvalue weighted by Crippen LogP contribution is -2.43. The van der Waals surface area contributed by atoms with Gasteiger partial charge < -0.3 is 14.2 Å². The number of esters is 1. The Kier molecular flexibility index (Phi) is 5.30. The molecule has 6 nitrogen and oxygen atoms in total. The van der Waals surface area contributed by atoms with E-state index in [0.29, 0.717) is 32.0 Å². The summed E-state index contributed by atoms with van der Waals surface area (Å²) >= 11 is 0. The molecule has 1 aliphatic heterocycles. The number of methoxy groups -OCH3 is 1. The maximum Gasteiger partial charge on any atom is 0.421 e. The molecule has 1 aromatic heterocycles. The summed E-state index contributed by atoms with van der Waals surface area (Å²) in [5.74, 6) is -1.08. The minimum Gasteiger partial charge on any atom is -0.469 e. The summed E-state index contributed by atoms with van der Waals surface area (Å²) in [7, 11) is 1.29. The number of amides is 1. The minimum absolute atomic E-state index is 0.282. The SMILES string of the molecule is COC(=O)C1CCN(C(=O)Cn2cccc(C(F)(F)F)c2=O)CC1. The number of halogens is 3. The van der Waals surface area contributed by atoms with Crippen LogP contribution in [0.25, 0.3) is 0 Å². The fourth-order valence-corrected chi connectivity index (χ4v) is 2.65. The number of alkyl halides is 3. The fraction of sp³-hybridized carbons (Fsp3) is 0.533. The molecule has 2 heterocycles. The van der Waals surface area contributed by atoms with Crippen molar-refractivity contribution in [2.75, 3.05) is 20.2 Å². The van der Waals surface area contributed by atoms with Crippen LogP contribution in [0.3, 0.4) is 0 Å². The molecular weight excluding hydrogens is 329 g/mol. The number of nitrogens with zero attached hydrogens (tertiary/aromatic N) is 2. The van der Waals surface area contributed by atoms with Crippen LogP contribution in [0.4, 0.5) is 13.2 Å². The first kappa shape index (κ1) is 18.0.